The van der Waals surface area contributed by atoms with Gasteiger partial charge in [-0.05, 0) is 46.7 Å². The Kier molecular flexibility index (Phi) is 4.94. The van der Waals surface area contributed by atoms with Crippen molar-refractivity contribution in [1.82, 2.24) is 20.2 Å². The second-order valence-corrected chi connectivity index (χ2v) is 5.28. The van der Waals surface area contributed by atoms with Crippen molar-refractivity contribution in [3.63, 3.8) is 0 Å². The van der Waals surface area contributed by atoms with Gasteiger partial charge in [0.25, 0.3) is 0 Å². The maximum Gasteiger partial charge on any atom is 0.357 e. The van der Waals surface area contributed by atoms with E-state index in [1.165, 1.54) is 16.8 Å². The molecule has 3 rings (SSSR count). The van der Waals surface area contributed by atoms with Gasteiger partial charge < -0.3 is 4.74 Å². The fourth-order valence-corrected chi connectivity index (χ4v) is 2.17. The average Bonchev–Trinajstić information content (AvgIpc) is 3.05. The number of carbonyl (C=O) groups excluding carboxylic acids is 1. The first kappa shape index (κ1) is 16.5. The Balaban J connectivity index is 1.84. The molecule has 0 bridgehead atoms. The Morgan fingerprint density at radius 2 is 1.88 bits per heavy atom. The fraction of sp³-hybridized carbons (Fsp3) is 0.111. The fourth-order valence-electron chi connectivity index (χ4n) is 2.17. The molecular formula is C18H15FN4O2. The Morgan fingerprint density at radius 1 is 1.16 bits per heavy atom. The third kappa shape index (κ3) is 4.14. The van der Waals surface area contributed by atoms with Gasteiger partial charge in [0.1, 0.15) is 12.4 Å². The first-order valence-electron chi connectivity index (χ1n) is 7.57. The maximum atomic E-state index is 12.9. The summed E-state index contributed by atoms with van der Waals surface area (Å²) in [5.41, 5.74) is 1.68. The molecular weight excluding hydrogens is 323 g/mol. The number of halogens is 1. The van der Waals surface area contributed by atoms with Gasteiger partial charge in [-0.2, -0.15) is 4.68 Å². The Morgan fingerprint density at radius 3 is 2.52 bits per heavy atom. The van der Waals surface area contributed by atoms with E-state index in [-0.39, 0.29) is 18.1 Å². The summed E-state index contributed by atoms with van der Waals surface area (Å²) in [5.74, 6) is -0.464. The van der Waals surface area contributed by atoms with E-state index in [1.807, 2.05) is 30.3 Å². The summed E-state index contributed by atoms with van der Waals surface area (Å²) in [4.78, 5) is 12.6. The van der Waals surface area contributed by atoms with Crippen molar-refractivity contribution in [2.45, 2.75) is 13.5 Å². The summed E-state index contributed by atoms with van der Waals surface area (Å²) < 4.78 is 19.6. The number of hydrogen-bond acceptors (Lipinski definition) is 5. The zero-order valence-corrected chi connectivity index (χ0v) is 13.5. The van der Waals surface area contributed by atoms with Crippen LogP contribution in [0.2, 0.25) is 0 Å². The molecule has 0 radical (unpaired) electrons. The molecule has 0 amide bonds. The molecule has 0 saturated heterocycles. The van der Waals surface area contributed by atoms with Gasteiger partial charge in [0.05, 0.1) is 0 Å². The van der Waals surface area contributed by atoms with Gasteiger partial charge >= 0.3 is 5.97 Å². The highest BCUT2D eigenvalue weighted by Crippen LogP contribution is 2.15. The second kappa shape index (κ2) is 7.48. The smallest absolute Gasteiger partial charge is 0.357 e. The third-order valence-electron chi connectivity index (χ3n) is 3.45. The molecule has 2 aromatic carbocycles. The second-order valence-electron chi connectivity index (χ2n) is 5.28. The number of aromatic nitrogens is 4. The summed E-state index contributed by atoms with van der Waals surface area (Å²) in [6.45, 7) is 1.71. The van der Waals surface area contributed by atoms with Crippen LogP contribution in [0.3, 0.4) is 0 Å². The minimum absolute atomic E-state index is 0.0203. The molecule has 1 aromatic heterocycles. The lowest BCUT2D eigenvalue weighted by Crippen LogP contribution is -2.15. The molecule has 0 atom stereocenters. The number of hydrogen-bond donors (Lipinski definition) is 0. The van der Waals surface area contributed by atoms with E-state index in [1.54, 1.807) is 25.1 Å². The van der Waals surface area contributed by atoms with Crippen LogP contribution >= 0.6 is 0 Å². The van der Waals surface area contributed by atoms with Crippen molar-refractivity contribution in [3.8, 4) is 0 Å². The Hall–Kier alpha value is -3.35. The molecule has 1 heterocycles. The molecule has 3 aromatic rings. The van der Waals surface area contributed by atoms with E-state index in [0.717, 1.165) is 5.56 Å². The molecule has 6 nitrogen and oxygen atoms in total. The predicted octanol–water partition coefficient (Wildman–Crippen LogP) is 2.86. The van der Waals surface area contributed by atoms with Gasteiger partial charge in [-0.15, -0.1) is 5.10 Å². The Labute approximate surface area is 143 Å². The lowest BCUT2D eigenvalue weighted by Gasteiger charge is -2.09. The van der Waals surface area contributed by atoms with Crippen LogP contribution < -0.4 is 0 Å². The molecule has 25 heavy (non-hydrogen) atoms. The van der Waals surface area contributed by atoms with Crippen LogP contribution in [0.5, 0.6) is 0 Å². The molecule has 0 unspecified atom stereocenters. The van der Waals surface area contributed by atoms with Crippen molar-refractivity contribution in [2.75, 3.05) is 0 Å². The Bertz CT molecular complexity index is 889. The molecule has 0 fully saturated rings. The number of benzene rings is 2. The van der Waals surface area contributed by atoms with Crippen molar-refractivity contribution in [1.29, 1.82) is 0 Å². The quantitative estimate of drug-likeness (QED) is 0.528. The van der Waals surface area contributed by atoms with Gasteiger partial charge in [0.15, 0.2) is 11.5 Å². The molecule has 0 spiro atoms. The topological polar surface area (TPSA) is 69.9 Å². The minimum Gasteiger partial charge on any atom is -0.456 e. The van der Waals surface area contributed by atoms with Gasteiger partial charge in [0, 0.05) is 0 Å². The van der Waals surface area contributed by atoms with Crippen LogP contribution in [0.25, 0.3) is 11.8 Å². The van der Waals surface area contributed by atoms with Crippen molar-refractivity contribution < 1.29 is 13.9 Å². The van der Waals surface area contributed by atoms with Gasteiger partial charge in [0.2, 0.25) is 0 Å². The molecule has 0 saturated carbocycles. The highest BCUT2D eigenvalue weighted by Gasteiger charge is 2.17. The number of ether oxygens (including phenoxy) is 1. The van der Waals surface area contributed by atoms with E-state index in [2.05, 4.69) is 15.5 Å². The summed E-state index contributed by atoms with van der Waals surface area (Å²) in [6, 6.07) is 15.1. The van der Waals surface area contributed by atoms with E-state index >= 15 is 0 Å². The van der Waals surface area contributed by atoms with E-state index < -0.39 is 5.97 Å². The molecule has 0 aliphatic heterocycles. The number of rotatable bonds is 5. The standard InChI is InChI=1S/C18H15FN4O2/c1-13-20-21-22-23(13)17(11-14-5-3-2-4-6-14)18(24)25-12-15-7-9-16(19)10-8-15/h2-11H,12H2,1H3/b17-11-. The van der Waals surface area contributed by atoms with Crippen LogP contribution in [-0.4, -0.2) is 26.2 Å². The predicted molar refractivity (Wildman–Crippen MR) is 89.4 cm³/mol. The molecule has 0 aliphatic carbocycles. The number of aryl methyl sites for hydroxylation is 1. The van der Waals surface area contributed by atoms with E-state index in [9.17, 15) is 9.18 Å². The van der Waals surface area contributed by atoms with E-state index in [4.69, 9.17) is 4.74 Å². The number of nitrogens with zero attached hydrogens (tertiary/aromatic N) is 4. The molecule has 7 heteroatoms. The number of carbonyl (C=O) groups is 1. The third-order valence-corrected chi connectivity index (χ3v) is 3.45. The van der Waals surface area contributed by atoms with Crippen molar-refractivity contribution in [3.05, 3.63) is 77.4 Å². The summed E-state index contributed by atoms with van der Waals surface area (Å²) >= 11 is 0. The minimum atomic E-state index is -0.580. The van der Waals surface area contributed by atoms with Crippen molar-refractivity contribution >= 4 is 17.7 Å². The van der Waals surface area contributed by atoms with E-state index in [0.29, 0.717) is 11.4 Å². The average molecular weight is 338 g/mol. The van der Waals surface area contributed by atoms with Gasteiger partial charge in [-0.3, -0.25) is 0 Å². The first-order valence-corrected chi connectivity index (χ1v) is 7.57. The lowest BCUT2D eigenvalue weighted by molar-refractivity contribution is -0.138. The summed E-state index contributed by atoms with van der Waals surface area (Å²) in [6.07, 6.45) is 1.65. The first-order chi connectivity index (χ1) is 12.1. The molecule has 0 aliphatic rings. The monoisotopic (exact) mass is 338 g/mol. The summed E-state index contributed by atoms with van der Waals surface area (Å²) in [7, 11) is 0. The normalized spacial score (nSPS) is 11.4. The molecule has 0 N–H and O–H groups in total. The number of esters is 1. The van der Waals surface area contributed by atoms with Crippen LogP contribution in [0.1, 0.15) is 17.0 Å². The zero-order chi connectivity index (χ0) is 17.6. The highest BCUT2D eigenvalue weighted by molar-refractivity contribution is 6.15. The molecule has 126 valence electrons. The highest BCUT2D eigenvalue weighted by atomic mass is 19.1. The summed E-state index contributed by atoms with van der Waals surface area (Å²) in [5, 5.41) is 11.2. The number of tetrazole rings is 1. The largest absolute Gasteiger partial charge is 0.456 e. The van der Waals surface area contributed by atoms with Gasteiger partial charge in [-0.25, -0.2) is 9.18 Å². The van der Waals surface area contributed by atoms with Crippen LogP contribution in [0.15, 0.2) is 54.6 Å². The maximum absolute atomic E-state index is 12.9. The van der Waals surface area contributed by atoms with Crippen LogP contribution in [-0.2, 0) is 16.1 Å². The lowest BCUT2D eigenvalue weighted by atomic mass is 10.2. The van der Waals surface area contributed by atoms with Crippen LogP contribution in [0.4, 0.5) is 4.39 Å². The SMILES string of the molecule is Cc1nnnn1/C(=C\c1ccccc1)C(=O)OCc1ccc(F)cc1. The van der Waals surface area contributed by atoms with Crippen LogP contribution in [0, 0.1) is 12.7 Å². The van der Waals surface area contributed by atoms with Crippen molar-refractivity contribution in [2.24, 2.45) is 0 Å². The zero-order valence-electron chi connectivity index (χ0n) is 13.5. The van der Waals surface area contributed by atoms with Gasteiger partial charge in [-0.1, -0.05) is 42.5 Å².